The van der Waals surface area contributed by atoms with Crippen molar-refractivity contribution in [1.29, 1.82) is 0 Å². The van der Waals surface area contributed by atoms with Gasteiger partial charge in [0.1, 0.15) is 0 Å². The number of tetrazole rings is 1. The highest BCUT2D eigenvalue weighted by atomic mass is 32.1. The molecule has 0 aliphatic rings. The van der Waals surface area contributed by atoms with Crippen molar-refractivity contribution >= 4 is 17.2 Å². The van der Waals surface area contributed by atoms with Crippen molar-refractivity contribution in [1.82, 2.24) is 30.1 Å². The fourth-order valence-electron chi connectivity index (χ4n) is 2.66. The van der Waals surface area contributed by atoms with E-state index in [4.69, 9.17) is 0 Å². The largest absolute Gasteiger partial charge is 0.333 e. The second-order valence-corrected chi connectivity index (χ2v) is 7.35. The molecule has 8 heteroatoms. The number of carbonyl (C=O) groups excluding carboxylic acids is 1. The molecule has 1 aromatic carbocycles. The maximum atomic E-state index is 12.8. The molecule has 0 spiro atoms. The van der Waals surface area contributed by atoms with Crippen LogP contribution in [-0.4, -0.2) is 43.0 Å². The SMILES string of the molecule is Cc1nc([C@H](C)N(C)C(=O)c2ccc(-c3nnn(C)n3)cc2)c(C)s1. The fraction of sp³-hybridized carbons (Fsp3) is 0.353. The summed E-state index contributed by atoms with van der Waals surface area (Å²) >= 11 is 1.65. The summed E-state index contributed by atoms with van der Waals surface area (Å²) in [6.07, 6.45) is 0. The number of amides is 1. The number of thiazole rings is 1. The molecule has 0 unspecified atom stereocenters. The van der Waals surface area contributed by atoms with E-state index >= 15 is 0 Å². The molecule has 0 aliphatic carbocycles. The predicted octanol–water partition coefficient (Wildman–Crippen LogP) is 2.78. The van der Waals surface area contributed by atoms with Gasteiger partial charge in [-0.2, -0.15) is 4.80 Å². The Labute approximate surface area is 150 Å². The summed E-state index contributed by atoms with van der Waals surface area (Å²) in [5.74, 6) is 0.494. The normalized spacial score (nSPS) is 12.2. The van der Waals surface area contributed by atoms with Gasteiger partial charge in [0.15, 0.2) is 0 Å². The van der Waals surface area contributed by atoms with Crippen molar-refractivity contribution < 1.29 is 4.79 Å². The predicted molar refractivity (Wildman–Crippen MR) is 96.3 cm³/mol. The molecule has 2 heterocycles. The lowest BCUT2D eigenvalue weighted by molar-refractivity contribution is 0.0740. The van der Waals surface area contributed by atoms with E-state index in [1.807, 2.05) is 32.9 Å². The summed E-state index contributed by atoms with van der Waals surface area (Å²) in [5, 5.41) is 13.0. The zero-order valence-electron chi connectivity index (χ0n) is 14.9. The van der Waals surface area contributed by atoms with Gasteiger partial charge >= 0.3 is 0 Å². The van der Waals surface area contributed by atoms with E-state index in [0.717, 1.165) is 21.1 Å². The molecule has 0 N–H and O–H groups in total. The van der Waals surface area contributed by atoms with E-state index in [1.54, 1.807) is 42.5 Å². The zero-order chi connectivity index (χ0) is 18.1. The minimum atomic E-state index is -0.0845. The van der Waals surface area contributed by atoms with Crippen molar-refractivity contribution in [2.45, 2.75) is 26.8 Å². The average Bonchev–Trinajstić information content (AvgIpc) is 3.18. The van der Waals surface area contributed by atoms with E-state index in [9.17, 15) is 4.79 Å². The Balaban J connectivity index is 1.79. The highest BCUT2D eigenvalue weighted by Gasteiger charge is 2.22. The Kier molecular flexibility index (Phi) is 4.63. The van der Waals surface area contributed by atoms with E-state index in [1.165, 1.54) is 4.80 Å². The minimum Gasteiger partial charge on any atom is -0.333 e. The van der Waals surface area contributed by atoms with Crippen LogP contribution >= 0.6 is 11.3 Å². The first-order valence-corrected chi connectivity index (χ1v) is 8.74. The third-order valence-corrected chi connectivity index (χ3v) is 5.04. The van der Waals surface area contributed by atoms with Crippen LogP contribution in [0.15, 0.2) is 24.3 Å². The van der Waals surface area contributed by atoms with Crippen molar-refractivity contribution in [2.24, 2.45) is 7.05 Å². The van der Waals surface area contributed by atoms with Crippen LogP contribution in [0, 0.1) is 13.8 Å². The first-order valence-electron chi connectivity index (χ1n) is 7.92. The molecule has 2 aromatic heterocycles. The average molecular weight is 356 g/mol. The van der Waals surface area contributed by atoms with Gasteiger partial charge in [0.25, 0.3) is 5.91 Å². The molecular weight excluding hydrogens is 336 g/mol. The Bertz CT molecular complexity index is 898. The van der Waals surface area contributed by atoms with Crippen LogP contribution in [0.3, 0.4) is 0 Å². The zero-order valence-corrected chi connectivity index (χ0v) is 15.7. The van der Waals surface area contributed by atoms with Gasteiger partial charge in [0.2, 0.25) is 5.82 Å². The van der Waals surface area contributed by atoms with Crippen LogP contribution in [0.1, 0.15) is 38.9 Å². The lowest BCUT2D eigenvalue weighted by atomic mass is 10.1. The van der Waals surface area contributed by atoms with E-state index in [0.29, 0.717) is 11.4 Å². The van der Waals surface area contributed by atoms with E-state index in [-0.39, 0.29) is 11.9 Å². The molecule has 0 saturated carbocycles. The van der Waals surface area contributed by atoms with Crippen molar-refractivity contribution in [3.05, 3.63) is 45.4 Å². The smallest absolute Gasteiger partial charge is 0.254 e. The Morgan fingerprint density at radius 2 is 1.92 bits per heavy atom. The maximum Gasteiger partial charge on any atom is 0.254 e. The number of rotatable bonds is 4. The number of benzene rings is 1. The number of nitrogens with zero attached hydrogens (tertiary/aromatic N) is 6. The van der Waals surface area contributed by atoms with Gasteiger partial charge in [0, 0.05) is 23.1 Å². The molecule has 3 aromatic rings. The number of hydrogen-bond donors (Lipinski definition) is 0. The number of aryl methyl sites for hydroxylation is 3. The summed E-state index contributed by atoms with van der Waals surface area (Å²) in [6.45, 7) is 6.02. The molecule has 7 nitrogen and oxygen atoms in total. The summed E-state index contributed by atoms with van der Waals surface area (Å²) in [4.78, 5) is 21.6. The topological polar surface area (TPSA) is 76.8 Å². The van der Waals surface area contributed by atoms with Crippen LogP contribution in [0.4, 0.5) is 0 Å². The summed E-state index contributed by atoms with van der Waals surface area (Å²) in [6, 6.07) is 7.16. The monoisotopic (exact) mass is 356 g/mol. The number of carbonyl (C=O) groups is 1. The molecule has 0 radical (unpaired) electrons. The van der Waals surface area contributed by atoms with Crippen LogP contribution in [0.25, 0.3) is 11.4 Å². The first kappa shape index (κ1) is 17.2. The minimum absolute atomic E-state index is 0.0452. The van der Waals surface area contributed by atoms with Gasteiger partial charge in [0.05, 0.1) is 23.8 Å². The molecule has 0 fully saturated rings. The first-order chi connectivity index (χ1) is 11.9. The molecule has 1 atom stereocenters. The lowest BCUT2D eigenvalue weighted by Gasteiger charge is -2.24. The lowest BCUT2D eigenvalue weighted by Crippen LogP contribution is -2.30. The van der Waals surface area contributed by atoms with Crippen molar-refractivity contribution in [3.8, 4) is 11.4 Å². The van der Waals surface area contributed by atoms with Gasteiger partial charge in [-0.15, -0.1) is 21.5 Å². The van der Waals surface area contributed by atoms with Gasteiger partial charge in [-0.05, 0) is 38.1 Å². The van der Waals surface area contributed by atoms with Crippen molar-refractivity contribution in [3.63, 3.8) is 0 Å². The van der Waals surface area contributed by atoms with Gasteiger partial charge in [-0.3, -0.25) is 4.79 Å². The van der Waals surface area contributed by atoms with Crippen molar-refractivity contribution in [2.75, 3.05) is 7.05 Å². The molecule has 25 heavy (non-hydrogen) atoms. The number of aromatic nitrogens is 5. The molecule has 130 valence electrons. The third-order valence-electron chi connectivity index (χ3n) is 4.13. The molecular formula is C17H20N6OS. The summed E-state index contributed by atoms with van der Waals surface area (Å²) < 4.78 is 0. The van der Waals surface area contributed by atoms with Crippen LogP contribution < -0.4 is 0 Å². The molecule has 1 amide bonds. The molecule has 0 aliphatic heterocycles. The van der Waals surface area contributed by atoms with Gasteiger partial charge in [-0.25, -0.2) is 4.98 Å². The number of hydrogen-bond acceptors (Lipinski definition) is 6. The van der Waals surface area contributed by atoms with E-state index < -0.39 is 0 Å². The van der Waals surface area contributed by atoms with Gasteiger partial charge in [-0.1, -0.05) is 12.1 Å². The van der Waals surface area contributed by atoms with Gasteiger partial charge < -0.3 is 4.90 Å². The summed E-state index contributed by atoms with van der Waals surface area (Å²) in [7, 11) is 3.52. The van der Waals surface area contributed by atoms with Crippen LogP contribution in [0.2, 0.25) is 0 Å². The highest BCUT2D eigenvalue weighted by Crippen LogP contribution is 2.27. The Hall–Kier alpha value is -2.61. The third kappa shape index (κ3) is 3.43. The standard InChI is InChI=1S/C17H20N6OS/c1-10(15-11(2)25-12(3)18-15)22(4)17(24)14-8-6-13(7-9-14)16-19-21-23(5)20-16/h6-10H,1-5H3/t10-/m0/s1. The second-order valence-electron chi connectivity index (χ2n) is 5.95. The molecule has 0 bridgehead atoms. The maximum absolute atomic E-state index is 12.8. The highest BCUT2D eigenvalue weighted by molar-refractivity contribution is 7.11. The van der Waals surface area contributed by atoms with E-state index in [2.05, 4.69) is 20.4 Å². The quantitative estimate of drug-likeness (QED) is 0.718. The molecule has 3 rings (SSSR count). The Morgan fingerprint density at radius 1 is 1.24 bits per heavy atom. The molecule has 0 saturated heterocycles. The second kappa shape index (κ2) is 6.72. The fourth-order valence-corrected chi connectivity index (χ4v) is 3.56. The van der Waals surface area contributed by atoms with Crippen LogP contribution in [0.5, 0.6) is 0 Å². The van der Waals surface area contributed by atoms with Crippen LogP contribution in [-0.2, 0) is 7.05 Å². The Morgan fingerprint density at radius 3 is 2.44 bits per heavy atom. The summed E-state index contributed by atoms with van der Waals surface area (Å²) in [5.41, 5.74) is 2.40.